The second-order valence-electron chi connectivity index (χ2n) is 6.13. The average molecular weight is 399 g/mol. The quantitative estimate of drug-likeness (QED) is 0.349. The molecule has 5 N–H and O–H groups in total. The second kappa shape index (κ2) is 7.78. The molecule has 28 heavy (non-hydrogen) atoms. The van der Waals surface area contributed by atoms with E-state index in [4.69, 9.17) is 28.5 Å². The van der Waals surface area contributed by atoms with Crippen LogP contribution in [0.25, 0.3) is 0 Å². The first-order valence-corrected chi connectivity index (χ1v) is 8.69. The lowest BCUT2D eigenvalue weighted by Crippen LogP contribution is -2.44. The molecule has 0 radical (unpaired) electrons. The van der Waals surface area contributed by atoms with Crippen molar-refractivity contribution in [2.75, 3.05) is 0 Å². The molecule has 0 unspecified atom stereocenters. The molecule has 142 valence electrons. The Kier molecular flexibility index (Phi) is 5.42. The first-order chi connectivity index (χ1) is 13.4. The van der Waals surface area contributed by atoms with Gasteiger partial charge >= 0.3 is 0 Å². The fraction of sp³-hybridized carbons (Fsp3) is 0.0476. The first kappa shape index (κ1) is 19.5. The van der Waals surface area contributed by atoms with E-state index in [0.29, 0.717) is 21.7 Å². The number of nitrogens with zero attached hydrogens (tertiary/aromatic N) is 1. The van der Waals surface area contributed by atoms with E-state index < -0.39 is 23.0 Å². The van der Waals surface area contributed by atoms with Gasteiger partial charge in [-0.05, 0) is 47.0 Å². The zero-order valence-electron chi connectivity index (χ0n) is 14.7. The van der Waals surface area contributed by atoms with Gasteiger partial charge in [0, 0.05) is 5.02 Å². The van der Waals surface area contributed by atoms with Crippen LogP contribution in [0, 0.1) is 17.0 Å². The molecule has 0 bridgehead atoms. The standard InChI is InChI=1S/C21H17ClF2N4/c22-18-4-2-1-3-17(18)21(19(25)28-20(26)27,13-5-9-15(23)10-6-13)14-7-11-16(24)12-8-14/h1-12H,(H5,25,26,27,28). The summed E-state index contributed by atoms with van der Waals surface area (Å²) >= 11 is 6.51. The first-order valence-electron chi connectivity index (χ1n) is 8.31. The molecule has 0 aliphatic rings. The largest absolute Gasteiger partial charge is 0.386 e. The van der Waals surface area contributed by atoms with E-state index in [1.165, 1.54) is 24.3 Å². The Morgan fingerprint density at radius 1 is 0.821 bits per heavy atom. The molecule has 0 fully saturated rings. The number of amidine groups is 1. The number of rotatable bonds is 4. The van der Waals surface area contributed by atoms with E-state index in [2.05, 4.69) is 4.99 Å². The summed E-state index contributed by atoms with van der Waals surface area (Å²) in [5, 5.41) is 7.94. The van der Waals surface area contributed by atoms with Gasteiger partial charge in [-0.3, -0.25) is 5.41 Å². The minimum Gasteiger partial charge on any atom is -0.386 e. The highest BCUT2D eigenvalue weighted by Gasteiger charge is 2.42. The van der Waals surface area contributed by atoms with Crippen LogP contribution in [-0.2, 0) is 5.41 Å². The molecule has 0 atom stereocenters. The smallest absolute Gasteiger partial charge is 0.214 e. The maximum Gasteiger partial charge on any atom is 0.214 e. The summed E-state index contributed by atoms with van der Waals surface area (Å²) in [4.78, 5) is 3.97. The predicted molar refractivity (Wildman–Crippen MR) is 108 cm³/mol. The normalized spacial score (nSPS) is 12.0. The molecule has 7 heteroatoms. The van der Waals surface area contributed by atoms with Crippen molar-refractivity contribution >= 4 is 23.4 Å². The Labute approximate surface area is 166 Å². The molecule has 0 heterocycles. The van der Waals surface area contributed by atoms with E-state index in [9.17, 15) is 8.78 Å². The summed E-state index contributed by atoms with van der Waals surface area (Å²) in [6.07, 6.45) is 0. The molecule has 4 nitrogen and oxygen atoms in total. The maximum absolute atomic E-state index is 13.6. The summed E-state index contributed by atoms with van der Waals surface area (Å²) in [5.41, 5.74) is 12.2. The lowest BCUT2D eigenvalue weighted by molar-refractivity contribution is 0.624. The van der Waals surface area contributed by atoms with Gasteiger partial charge in [-0.2, -0.15) is 4.99 Å². The van der Waals surface area contributed by atoms with E-state index in [0.717, 1.165) is 0 Å². The summed E-state index contributed by atoms with van der Waals surface area (Å²) < 4.78 is 27.3. The highest BCUT2D eigenvalue weighted by molar-refractivity contribution is 6.32. The number of nitrogens with one attached hydrogen (secondary N) is 1. The highest BCUT2D eigenvalue weighted by atomic mass is 35.5. The van der Waals surface area contributed by atoms with Gasteiger partial charge in [0.15, 0.2) is 0 Å². The van der Waals surface area contributed by atoms with Gasteiger partial charge in [-0.15, -0.1) is 0 Å². The molecular formula is C21H17ClF2N4. The van der Waals surface area contributed by atoms with Crippen LogP contribution < -0.4 is 11.5 Å². The van der Waals surface area contributed by atoms with Gasteiger partial charge in [0.1, 0.15) is 22.9 Å². The third-order valence-electron chi connectivity index (χ3n) is 4.46. The molecule has 3 rings (SSSR count). The summed E-state index contributed by atoms with van der Waals surface area (Å²) in [6.45, 7) is 0. The number of hydrogen-bond acceptors (Lipinski definition) is 1. The minimum atomic E-state index is -1.31. The van der Waals surface area contributed by atoms with Crippen molar-refractivity contribution in [2.45, 2.75) is 5.41 Å². The zero-order chi connectivity index (χ0) is 20.3. The molecule has 3 aromatic rings. The van der Waals surface area contributed by atoms with Crippen molar-refractivity contribution in [1.82, 2.24) is 0 Å². The molecule has 0 spiro atoms. The topological polar surface area (TPSA) is 88.2 Å². The lowest BCUT2D eigenvalue weighted by Gasteiger charge is -2.36. The van der Waals surface area contributed by atoms with Crippen LogP contribution in [0.1, 0.15) is 16.7 Å². The lowest BCUT2D eigenvalue weighted by atomic mass is 9.68. The van der Waals surface area contributed by atoms with Gasteiger partial charge in [0.2, 0.25) is 5.96 Å². The molecule has 0 aliphatic heterocycles. The number of nitrogens with two attached hydrogens (primary N) is 2. The summed E-state index contributed by atoms with van der Waals surface area (Å²) in [5.74, 6) is -1.42. The Balaban J connectivity index is 2.48. The number of benzene rings is 3. The van der Waals surface area contributed by atoms with Crippen LogP contribution in [0.15, 0.2) is 77.8 Å². The molecular weight excluding hydrogens is 382 g/mol. The van der Waals surface area contributed by atoms with E-state index in [1.54, 1.807) is 48.5 Å². The van der Waals surface area contributed by atoms with Gasteiger partial charge < -0.3 is 11.5 Å². The third kappa shape index (κ3) is 3.46. The van der Waals surface area contributed by atoms with Crippen molar-refractivity contribution in [1.29, 1.82) is 5.41 Å². The Bertz CT molecular complexity index is 986. The van der Waals surface area contributed by atoms with E-state index >= 15 is 0 Å². The SMILES string of the molecule is N=C(N)N=C(N)C(c1ccc(F)cc1)(c1ccc(F)cc1)c1ccccc1Cl. The zero-order valence-corrected chi connectivity index (χ0v) is 15.4. The van der Waals surface area contributed by atoms with Gasteiger partial charge in [-0.1, -0.05) is 54.1 Å². The van der Waals surface area contributed by atoms with Crippen LogP contribution in [0.2, 0.25) is 5.02 Å². The average Bonchev–Trinajstić information content (AvgIpc) is 2.66. The second-order valence-corrected chi connectivity index (χ2v) is 6.53. The fourth-order valence-electron chi connectivity index (χ4n) is 3.29. The fourth-order valence-corrected chi connectivity index (χ4v) is 3.57. The summed E-state index contributed by atoms with van der Waals surface area (Å²) in [7, 11) is 0. The van der Waals surface area contributed by atoms with Crippen molar-refractivity contribution < 1.29 is 8.78 Å². The Hall–Kier alpha value is -3.25. The Morgan fingerprint density at radius 3 is 1.71 bits per heavy atom. The van der Waals surface area contributed by atoms with Crippen LogP contribution in [-0.4, -0.2) is 11.8 Å². The van der Waals surface area contributed by atoms with E-state index in [1.807, 2.05) is 0 Å². The molecule has 0 saturated heterocycles. The van der Waals surface area contributed by atoms with Gasteiger partial charge in [0.25, 0.3) is 0 Å². The molecule has 0 amide bonds. The predicted octanol–water partition coefficient (Wildman–Crippen LogP) is 4.20. The molecule has 0 saturated carbocycles. The van der Waals surface area contributed by atoms with Crippen LogP contribution in [0.5, 0.6) is 0 Å². The minimum absolute atomic E-state index is 0.0497. The van der Waals surface area contributed by atoms with Crippen LogP contribution in [0.3, 0.4) is 0 Å². The number of guanidine groups is 1. The molecule has 3 aromatic carbocycles. The molecule has 0 aliphatic carbocycles. The number of aliphatic imine (C=N–C) groups is 1. The van der Waals surface area contributed by atoms with Crippen molar-refractivity contribution in [3.8, 4) is 0 Å². The monoisotopic (exact) mass is 398 g/mol. The van der Waals surface area contributed by atoms with Crippen molar-refractivity contribution in [2.24, 2.45) is 16.5 Å². The van der Waals surface area contributed by atoms with Crippen molar-refractivity contribution in [3.63, 3.8) is 0 Å². The Morgan fingerprint density at radius 2 is 1.29 bits per heavy atom. The molecule has 0 aromatic heterocycles. The van der Waals surface area contributed by atoms with Crippen LogP contribution in [0.4, 0.5) is 8.78 Å². The van der Waals surface area contributed by atoms with Gasteiger partial charge in [-0.25, -0.2) is 8.78 Å². The number of hydrogen-bond donors (Lipinski definition) is 3. The van der Waals surface area contributed by atoms with E-state index in [-0.39, 0.29) is 5.84 Å². The van der Waals surface area contributed by atoms with Crippen molar-refractivity contribution in [3.05, 3.63) is 106 Å². The third-order valence-corrected chi connectivity index (χ3v) is 4.79. The summed E-state index contributed by atoms with van der Waals surface area (Å²) in [6, 6.07) is 18.3. The maximum atomic E-state index is 13.6. The van der Waals surface area contributed by atoms with Gasteiger partial charge in [0.05, 0.1) is 0 Å². The van der Waals surface area contributed by atoms with Crippen LogP contribution >= 0.6 is 11.6 Å². The number of halogens is 3. The highest BCUT2D eigenvalue weighted by Crippen LogP contribution is 2.42.